The molecule has 5 heteroatoms. The van der Waals surface area contributed by atoms with Gasteiger partial charge in [0.05, 0.1) is 18.8 Å². The van der Waals surface area contributed by atoms with Crippen molar-refractivity contribution in [1.29, 1.82) is 0 Å². The highest BCUT2D eigenvalue weighted by Crippen LogP contribution is 2.15. The van der Waals surface area contributed by atoms with Crippen molar-refractivity contribution in [1.82, 2.24) is 0 Å². The number of likely N-dealkylation sites (tertiary alicyclic amines) is 1. The summed E-state index contributed by atoms with van der Waals surface area (Å²) in [7, 11) is 0. The Morgan fingerprint density at radius 1 is 1.33 bits per heavy atom. The lowest BCUT2D eigenvalue weighted by Gasteiger charge is -2.20. The Hall–Kier alpha value is -1.49. The largest absolute Gasteiger partial charge is 0.325 e. The Balaban J connectivity index is 2.03. The van der Waals surface area contributed by atoms with E-state index in [9.17, 15) is 13.6 Å². The lowest BCUT2D eigenvalue weighted by molar-refractivity contribution is -0.901. The second kappa shape index (κ2) is 5.44. The van der Waals surface area contributed by atoms with Crippen molar-refractivity contribution >= 4 is 11.6 Å². The number of quaternary nitrogens is 1. The number of nitrogens with one attached hydrogen (secondary N) is 2. The Morgan fingerprint density at radius 3 is 2.67 bits per heavy atom. The molecule has 1 saturated heterocycles. The van der Waals surface area contributed by atoms with E-state index >= 15 is 0 Å². The zero-order valence-electron chi connectivity index (χ0n) is 10.3. The predicted octanol–water partition coefficient (Wildman–Crippen LogP) is 0.970. The molecule has 1 aromatic carbocycles. The summed E-state index contributed by atoms with van der Waals surface area (Å²) >= 11 is 0. The molecule has 2 rings (SSSR count). The van der Waals surface area contributed by atoms with Gasteiger partial charge in [0.15, 0.2) is 6.04 Å². The van der Waals surface area contributed by atoms with Crippen LogP contribution in [-0.4, -0.2) is 25.0 Å². The van der Waals surface area contributed by atoms with Crippen LogP contribution in [-0.2, 0) is 4.79 Å². The van der Waals surface area contributed by atoms with E-state index in [4.69, 9.17) is 0 Å². The van der Waals surface area contributed by atoms with Crippen LogP contribution in [0.5, 0.6) is 0 Å². The molecular formula is C13H17F2N2O+. The Bertz CT molecular complexity index is 445. The van der Waals surface area contributed by atoms with Gasteiger partial charge in [-0.3, -0.25) is 4.79 Å². The summed E-state index contributed by atoms with van der Waals surface area (Å²) in [5.74, 6) is -1.45. The van der Waals surface area contributed by atoms with Crippen molar-refractivity contribution in [3.05, 3.63) is 29.8 Å². The fraction of sp³-hybridized carbons (Fsp3) is 0.462. The van der Waals surface area contributed by atoms with Gasteiger partial charge in [-0.05, 0) is 19.1 Å². The van der Waals surface area contributed by atoms with E-state index in [1.165, 1.54) is 4.90 Å². The Kier molecular flexibility index (Phi) is 3.91. The fourth-order valence-corrected chi connectivity index (χ4v) is 2.28. The van der Waals surface area contributed by atoms with Crippen LogP contribution in [0.2, 0.25) is 0 Å². The molecular weight excluding hydrogens is 238 g/mol. The molecule has 0 radical (unpaired) electrons. The van der Waals surface area contributed by atoms with Gasteiger partial charge < -0.3 is 10.2 Å². The topological polar surface area (TPSA) is 33.5 Å². The smallest absolute Gasteiger partial charge is 0.282 e. The third-order valence-electron chi connectivity index (χ3n) is 3.44. The van der Waals surface area contributed by atoms with E-state index in [1.54, 1.807) is 0 Å². The first kappa shape index (κ1) is 13.0. The van der Waals surface area contributed by atoms with Crippen LogP contribution < -0.4 is 10.2 Å². The molecule has 3 nitrogen and oxygen atoms in total. The van der Waals surface area contributed by atoms with Crippen LogP contribution in [0.25, 0.3) is 0 Å². The molecule has 98 valence electrons. The van der Waals surface area contributed by atoms with Gasteiger partial charge in [-0.1, -0.05) is 0 Å². The average Bonchev–Trinajstić information content (AvgIpc) is 2.86. The van der Waals surface area contributed by atoms with Crippen LogP contribution in [0.1, 0.15) is 19.8 Å². The molecule has 0 aliphatic carbocycles. The van der Waals surface area contributed by atoms with E-state index in [2.05, 4.69) is 5.32 Å². The molecule has 0 unspecified atom stereocenters. The Morgan fingerprint density at radius 2 is 2.00 bits per heavy atom. The van der Waals surface area contributed by atoms with E-state index < -0.39 is 11.6 Å². The monoisotopic (exact) mass is 255 g/mol. The number of hydrogen-bond acceptors (Lipinski definition) is 1. The molecule has 1 aliphatic rings. The van der Waals surface area contributed by atoms with Crippen LogP contribution in [0.4, 0.5) is 14.5 Å². The maximum absolute atomic E-state index is 13.4. The van der Waals surface area contributed by atoms with E-state index in [1.807, 2.05) is 6.92 Å². The molecule has 1 aromatic rings. The highest BCUT2D eigenvalue weighted by molar-refractivity contribution is 5.93. The summed E-state index contributed by atoms with van der Waals surface area (Å²) < 4.78 is 26.4. The molecule has 1 aliphatic heterocycles. The van der Waals surface area contributed by atoms with E-state index in [-0.39, 0.29) is 17.6 Å². The van der Waals surface area contributed by atoms with Crippen molar-refractivity contribution in [2.45, 2.75) is 25.8 Å². The summed E-state index contributed by atoms with van der Waals surface area (Å²) in [6, 6.07) is 2.80. The highest BCUT2D eigenvalue weighted by Gasteiger charge is 2.28. The summed E-state index contributed by atoms with van der Waals surface area (Å²) in [6.07, 6.45) is 2.22. The molecule has 0 bridgehead atoms. The van der Waals surface area contributed by atoms with Crippen molar-refractivity contribution in [2.75, 3.05) is 18.4 Å². The zero-order chi connectivity index (χ0) is 13.1. The number of hydrogen-bond donors (Lipinski definition) is 2. The van der Waals surface area contributed by atoms with Crippen LogP contribution in [0.3, 0.4) is 0 Å². The van der Waals surface area contributed by atoms with Crippen LogP contribution >= 0.6 is 0 Å². The molecule has 0 aromatic heterocycles. The first-order chi connectivity index (χ1) is 8.58. The molecule has 1 fully saturated rings. The lowest BCUT2D eigenvalue weighted by Crippen LogP contribution is -3.14. The fourth-order valence-electron chi connectivity index (χ4n) is 2.28. The van der Waals surface area contributed by atoms with Gasteiger partial charge in [-0.15, -0.1) is 0 Å². The maximum Gasteiger partial charge on any atom is 0.282 e. The maximum atomic E-state index is 13.4. The molecule has 1 atom stereocenters. The number of benzene rings is 1. The Labute approximate surface area is 105 Å². The minimum Gasteiger partial charge on any atom is -0.325 e. The molecule has 18 heavy (non-hydrogen) atoms. The van der Waals surface area contributed by atoms with Gasteiger partial charge in [0.2, 0.25) is 0 Å². The number of rotatable bonds is 3. The quantitative estimate of drug-likeness (QED) is 0.829. The van der Waals surface area contributed by atoms with Crippen LogP contribution in [0.15, 0.2) is 18.2 Å². The molecule has 1 heterocycles. The molecule has 0 spiro atoms. The van der Waals surface area contributed by atoms with Gasteiger partial charge in [0.25, 0.3) is 5.91 Å². The molecule has 2 N–H and O–H groups in total. The third-order valence-corrected chi connectivity index (χ3v) is 3.44. The second-order valence-electron chi connectivity index (χ2n) is 4.70. The standard InChI is InChI=1S/C13H16F2N2O/c1-9(17-6-2-3-7-17)13(18)16-12-8-10(14)4-5-11(12)15/h4-5,8-9H,2-3,6-7H2,1H3,(H,16,18)/p+1/t9-/m0/s1. The van der Waals surface area contributed by atoms with Gasteiger partial charge in [-0.25, -0.2) is 8.78 Å². The minimum atomic E-state index is -0.617. The average molecular weight is 255 g/mol. The summed E-state index contributed by atoms with van der Waals surface area (Å²) in [5, 5.41) is 2.45. The summed E-state index contributed by atoms with van der Waals surface area (Å²) in [4.78, 5) is 13.1. The van der Waals surface area contributed by atoms with Crippen molar-refractivity contribution in [3.8, 4) is 0 Å². The lowest BCUT2D eigenvalue weighted by atomic mass is 10.2. The summed E-state index contributed by atoms with van der Waals surface area (Å²) in [6.45, 7) is 3.73. The van der Waals surface area contributed by atoms with Gasteiger partial charge in [-0.2, -0.15) is 0 Å². The highest BCUT2D eigenvalue weighted by atomic mass is 19.1. The van der Waals surface area contributed by atoms with Gasteiger partial charge >= 0.3 is 0 Å². The SMILES string of the molecule is C[C@@H](C(=O)Nc1cc(F)ccc1F)[NH+]1CCCC1. The van der Waals surface area contributed by atoms with Crippen molar-refractivity contribution in [2.24, 2.45) is 0 Å². The summed E-state index contributed by atoms with van der Waals surface area (Å²) in [5.41, 5.74) is -0.0922. The van der Waals surface area contributed by atoms with Gasteiger partial charge in [0, 0.05) is 18.9 Å². The predicted molar refractivity (Wildman–Crippen MR) is 64.4 cm³/mol. The number of carbonyl (C=O) groups is 1. The minimum absolute atomic E-state index is 0.0922. The van der Waals surface area contributed by atoms with Gasteiger partial charge in [0.1, 0.15) is 11.6 Å². The number of amides is 1. The third kappa shape index (κ3) is 2.85. The molecule has 0 saturated carbocycles. The van der Waals surface area contributed by atoms with Crippen molar-refractivity contribution < 1.29 is 18.5 Å². The number of halogens is 2. The van der Waals surface area contributed by atoms with E-state index in [0.29, 0.717) is 0 Å². The first-order valence-electron chi connectivity index (χ1n) is 6.18. The zero-order valence-corrected chi connectivity index (χ0v) is 10.3. The van der Waals surface area contributed by atoms with Crippen molar-refractivity contribution in [3.63, 3.8) is 0 Å². The number of anilines is 1. The van der Waals surface area contributed by atoms with Crippen LogP contribution in [0, 0.1) is 11.6 Å². The first-order valence-corrected chi connectivity index (χ1v) is 6.18. The number of carbonyl (C=O) groups excluding carboxylic acids is 1. The normalized spacial score (nSPS) is 17.7. The second-order valence-corrected chi connectivity index (χ2v) is 4.70. The molecule has 1 amide bonds. The van der Waals surface area contributed by atoms with E-state index in [0.717, 1.165) is 44.1 Å².